The van der Waals surface area contributed by atoms with E-state index in [2.05, 4.69) is 12.1 Å². The molecular weight excluding hydrogens is 174 g/mol. The zero-order chi connectivity index (χ0) is 10.6. The molecule has 1 rings (SSSR count). The summed E-state index contributed by atoms with van der Waals surface area (Å²) in [6, 6.07) is 4.45. The highest BCUT2D eigenvalue weighted by Gasteiger charge is 2.37. The smallest absolute Gasteiger partial charge is 0.0656 e. The van der Waals surface area contributed by atoms with Crippen LogP contribution in [0.4, 0.5) is 0 Å². The second-order valence-electron chi connectivity index (χ2n) is 4.42. The number of nitriles is 2. The maximum Gasteiger partial charge on any atom is 0.0656 e. The van der Waals surface area contributed by atoms with Crippen molar-refractivity contribution in [3.05, 3.63) is 0 Å². The summed E-state index contributed by atoms with van der Waals surface area (Å²) in [6.07, 6.45) is 4.19. The molecule has 3 unspecified atom stereocenters. The number of nitrogens with two attached hydrogens (primary N) is 1. The summed E-state index contributed by atoms with van der Waals surface area (Å²) in [6.45, 7) is 2.02. The van der Waals surface area contributed by atoms with Gasteiger partial charge in [0.1, 0.15) is 0 Å². The van der Waals surface area contributed by atoms with E-state index in [1.54, 1.807) is 0 Å². The fourth-order valence-electron chi connectivity index (χ4n) is 2.24. The van der Waals surface area contributed by atoms with Gasteiger partial charge >= 0.3 is 0 Å². The maximum absolute atomic E-state index is 8.86. The van der Waals surface area contributed by atoms with E-state index in [1.165, 1.54) is 0 Å². The summed E-state index contributed by atoms with van der Waals surface area (Å²) in [5, 5.41) is 17.5. The first kappa shape index (κ1) is 11.0. The fourth-order valence-corrected chi connectivity index (χ4v) is 2.24. The molecule has 0 aromatic heterocycles. The van der Waals surface area contributed by atoms with Gasteiger partial charge in [-0.05, 0) is 25.2 Å². The average Bonchev–Trinajstić information content (AvgIpc) is 2.18. The highest BCUT2D eigenvalue weighted by Crippen LogP contribution is 2.36. The van der Waals surface area contributed by atoms with Gasteiger partial charge in [-0.2, -0.15) is 10.5 Å². The second-order valence-corrected chi connectivity index (χ2v) is 4.42. The van der Waals surface area contributed by atoms with E-state index in [1.807, 2.05) is 6.92 Å². The van der Waals surface area contributed by atoms with Crippen molar-refractivity contribution >= 4 is 0 Å². The first-order valence-corrected chi connectivity index (χ1v) is 5.18. The Morgan fingerprint density at radius 2 is 2.29 bits per heavy atom. The van der Waals surface area contributed by atoms with Crippen LogP contribution in [0.1, 0.15) is 39.0 Å². The van der Waals surface area contributed by atoms with Crippen molar-refractivity contribution in [3.8, 4) is 12.1 Å². The molecule has 1 fully saturated rings. The van der Waals surface area contributed by atoms with Crippen molar-refractivity contribution in [2.75, 3.05) is 0 Å². The van der Waals surface area contributed by atoms with Crippen LogP contribution in [0.25, 0.3) is 0 Å². The van der Waals surface area contributed by atoms with Gasteiger partial charge in [0.25, 0.3) is 0 Å². The van der Waals surface area contributed by atoms with Gasteiger partial charge in [-0.15, -0.1) is 0 Å². The fraction of sp³-hybridized carbons (Fsp3) is 0.818. The van der Waals surface area contributed by atoms with Crippen molar-refractivity contribution < 1.29 is 0 Å². The standard InChI is InChI=1S/C11H17N3/c1-9(4-6-12)11(14)5-2-3-10(7-11)8-13/h9-10H,2-5,7,14H2,1H3. The first-order valence-electron chi connectivity index (χ1n) is 5.18. The Kier molecular flexibility index (Phi) is 3.49. The quantitative estimate of drug-likeness (QED) is 0.725. The summed E-state index contributed by atoms with van der Waals surface area (Å²) in [5.74, 6) is 0.290. The minimum Gasteiger partial charge on any atom is -0.325 e. The van der Waals surface area contributed by atoms with E-state index in [4.69, 9.17) is 16.3 Å². The third-order valence-electron chi connectivity index (χ3n) is 3.38. The molecule has 3 atom stereocenters. The molecule has 0 heterocycles. The molecule has 1 aliphatic rings. The van der Waals surface area contributed by atoms with Gasteiger partial charge in [-0.1, -0.05) is 13.3 Å². The SMILES string of the molecule is CC(CC#N)C1(N)CCCC(C#N)C1. The Balaban J connectivity index is 2.65. The molecular formula is C11H17N3. The zero-order valence-corrected chi connectivity index (χ0v) is 8.66. The number of hydrogen-bond donors (Lipinski definition) is 1. The van der Waals surface area contributed by atoms with Crippen LogP contribution >= 0.6 is 0 Å². The summed E-state index contributed by atoms with van der Waals surface area (Å²) >= 11 is 0. The van der Waals surface area contributed by atoms with Crippen molar-refractivity contribution in [1.29, 1.82) is 10.5 Å². The molecule has 0 spiro atoms. The predicted octanol–water partition coefficient (Wildman–Crippen LogP) is 1.95. The number of hydrogen-bond acceptors (Lipinski definition) is 3. The van der Waals surface area contributed by atoms with E-state index in [0.717, 1.165) is 25.7 Å². The van der Waals surface area contributed by atoms with Gasteiger partial charge in [0.05, 0.1) is 12.1 Å². The van der Waals surface area contributed by atoms with Gasteiger partial charge in [-0.25, -0.2) is 0 Å². The van der Waals surface area contributed by atoms with Crippen LogP contribution < -0.4 is 5.73 Å². The van der Waals surface area contributed by atoms with E-state index >= 15 is 0 Å². The second kappa shape index (κ2) is 4.44. The van der Waals surface area contributed by atoms with Crippen molar-refractivity contribution in [2.24, 2.45) is 17.6 Å². The van der Waals surface area contributed by atoms with Crippen molar-refractivity contribution in [2.45, 2.75) is 44.6 Å². The van der Waals surface area contributed by atoms with Gasteiger partial charge in [-0.3, -0.25) is 0 Å². The van der Waals surface area contributed by atoms with Crippen molar-refractivity contribution in [1.82, 2.24) is 0 Å². The van der Waals surface area contributed by atoms with Gasteiger partial charge in [0.2, 0.25) is 0 Å². The zero-order valence-electron chi connectivity index (χ0n) is 8.66. The number of rotatable bonds is 2. The number of nitrogens with zero attached hydrogens (tertiary/aromatic N) is 2. The summed E-state index contributed by atoms with van der Waals surface area (Å²) in [4.78, 5) is 0. The van der Waals surface area contributed by atoms with E-state index in [9.17, 15) is 0 Å². The van der Waals surface area contributed by atoms with E-state index in [0.29, 0.717) is 6.42 Å². The van der Waals surface area contributed by atoms with Gasteiger partial charge in [0.15, 0.2) is 0 Å². The van der Waals surface area contributed by atoms with Crippen LogP contribution in [0, 0.1) is 34.5 Å². The lowest BCUT2D eigenvalue weighted by Crippen LogP contribution is -2.49. The molecule has 14 heavy (non-hydrogen) atoms. The Morgan fingerprint density at radius 3 is 2.86 bits per heavy atom. The van der Waals surface area contributed by atoms with E-state index < -0.39 is 0 Å². The first-order chi connectivity index (χ1) is 6.62. The predicted molar refractivity (Wildman–Crippen MR) is 53.9 cm³/mol. The molecule has 3 heteroatoms. The van der Waals surface area contributed by atoms with Crippen LogP contribution in [0.3, 0.4) is 0 Å². The molecule has 0 amide bonds. The largest absolute Gasteiger partial charge is 0.325 e. The van der Waals surface area contributed by atoms with E-state index in [-0.39, 0.29) is 17.4 Å². The molecule has 1 saturated carbocycles. The Hall–Kier alpha value is -1.06. The van der Waals surface area contributed by atoms with Crippen LogP contribution in [-0.4, -0.2) is 5.54 Å². The average molecular weight is 191 g/mol. The highest BCUT2D eigenvalue weighted by atomic mass is 14.8. The van der Waals surface area contributed by atoms with Gasteiger partial charge < -0.3 is 5.73 Å². The monoisotopic (exact) mass is 191 g/mol. The normalized spacial score (nSPS) is 34.1. The third kappa shape index (κ3) is 2.25. The minimum atomic E-state index is -0.283. The molecule has 0 saturated heterocycles. The molecule has 1 aliphatic carbocycles. The topological polar surface area (TPSA) is 73.6 Å². The molecule has 2 N–H and O–H groups in total. The van der Waals surface area contributed by atoms with Crippen LogP contribution in [-0.2, 0) is 0 Å². The van der Waals surface area contributed by atoms with Crippen LogP contribution in [0.15, 0.2) is 0 Å². The molecule has 0 aromatic carbocycles. The van der Waals surface area contributed by atoms with Crippen molar-refractivity contribution in [3.63, 3.8) is 0 Å². The summed E-state index contributed by atoms with van der Waals surface area (Å²) in [5.41, 5.74) is 5.97. The van der Waals surface area contributed by atoms with Crippen LogP contribution in [0.2, 0.25) is 0 Å². The van der Waals surface area contributed by atoms with Crippen LogP contribution in [0.5, 0.6) is 0 Å². The molecule has 3 nitrogen and oxygen atoms in total. The lowest BCUT2D eigenvalue weighted by molar-refractivity contribution is 0.185. The maximum atomic E-state index is 8.86. The summed E-state index contributed by atoms with van der Waals surface area (Å²) in [7, 11) is 0. The minimum absolute atomic E-state index is 0.0925. The summed E-state index contributed by atoms with van der Waals surface area (Å²) < 4.78 is 0. The molecule has 0 aromatic rings. The highest BCUT2D eigenvalue weighted by molar-refractivity contribution is 5.01. The molecule has 76 valence electrons. The lowest BCUT2D eigenvalue weighted by Gasteiger charge is -2.39. The molecule has 0 radical (unpaired) electrons. The lowest BCUT2D eigenvalue weighted by atomic mass is 9.69. The van der Waals surface area contributed by atoms with Gasteiger partial charge in [0, 0.05) is 17.9 Å². The third-order valence-corrected chi connectivity index (χ3v) is 3.38. The molecule has 0 bridgehead atoms. The molecule has 0 aliphatic heterocycles. The Bertz CT molecular complexity index is 273. The Labute approximate surface area is 85.5 Å². The Morgan fingerprint density at radius 1 is 1.57 bits per heavy atom.